The van der Waals surface area contributed by atoms with Crippen LogP contribution in [0, 0.1) is 0 Å². The van der Waals surface area contributed by atoms with Crippen LogP contribution in [0.25, 0.3) is 0 Å². The largest absolute Gasteiger partial charge is 0.383 e. The van der Waals surface area contributed by atoms with Crippen LogP contribution in [0.4, 0.5) is 11.6 Å². The van der Waals surface area contributed by atoms with Gasteiger partial charge in [0.1, 0.15) is 22.4 Å². The minimum Gasteiger partial charge on any atom is -0.383 e. The smallest absolute Gasteiger partial charge is 0.241 e. The Morgan fingerprint density at radius 1 is 1.44 bits per heavy atom. The average molecular weight is 316 g/mol. The molecule has 0 fully saturated rings. The van der Waals surface area contributed by atoms with E-state index in [1.807, 2.05) is 11.8 Å². The summed E-state index contributed by atoms with van der Waals surface area (Å²) in [6, 6.07) is 0. The number of carbonyl (C=O) groups is 1. The maximum absolute atomic E-state index is 11.8. The van der Waals surface area contributed by atoms with E-state index in [0.717, 1.165) is 13.0 Å². The Morgan fingerprint density at radius 3 is 2.67 bits per heavy atom. The molecule has 18 heavy (non-hydrogen) atoms. The summed E-state index contributed by atoms with van der Waals surface area (Å²) in [4.78, 5) is 23.3. The lowest BCUT2D eigenvalue weighted by molar-refractivity contribution is -0.127. The SMILES string of the molecule is CCCN(CC(=O)N(C)C)c1ncnc(N)c1Br. The van der Waals surface area contributed by atoms with Crippen molar-refractivity contribution in [1.29, 1.82) is 0 Å². The normalized spacial score (nSPS) is 10.2. The third-order valence-corrected chi connectivity index (χ3v) is 3.18. The number of rotatable bonds is 5. The molecule has 0 bridgehead atoms. The topological polar surface area (TPSA) is 75.4 Å². The van der Waals surface area contributed by atoms with Crippen molar-refractivity contribution in [2.24, 2.45) is 0 Å². The molecule has 0 radical (unpaired) electrons. The van der Waals surface area contributed by atoms with E-state index in [-0.39, 0.29) is 12.5 Å². The van der Waals surface area contributed by atoms with Crippen molar-refractivity contribution in [3.63, 3.8) is 0 Å². The highest BCUT2D eigenvalue weighted by Gasteiger charge is 2.17. The second kappa shape index (κ2) is 6.53. The number of nitrogens with zero attached hydrogens (tertiary/aromatic N) is 4. The molecule has 0 aliphatic heterocycles. The Labute approximate surface area is 115 Å². The zero-order valence-corrected chi connectivity index (χ0v) is 12.4. The fourth-order valence-electron chi connectivity index (χ4n) is 1.43. The fraction of sp³-hybridized carbons (Fsp3) is 0.545. The first-order chi connectivity index (χ1) is 8.47. The summed E-state index contributed by atoms with van der Waals surface area (Å²) < 4.78 is 0.630. The highest BCUT2D eigenvalue weighted by molar-refractivity contribution is 9.10. The Balaban J connectivity index is 2.97. The first kappa shape index (κ1) is 14.7. The first-order valence-electron chi connectivity index (χ1n) is 5.68. The molecule has 0 aliphatic rings. The van der Waals surface area contributed by atoms with E-state index < -0.39 is 0 Å². The molecule has 1 heterocycles. The van der Waals surface area contributed by atoms with Gasteiger partial charge in [0.2, 0.25) is 5.91 Å². The Hall–Kier alpha value is -1.37. The highest BCUT2D eigenvalue weighted by atomic mass is 79.9. The summed E-state index contributed by atoms with van der Waals surface area (Å²) in [5.74, 6) is 1.05. The van der Waals surface area contributed by atoms with Crippen LogP contribution < -0.4 is 10.6 Å². The molecule has 2 N–H and O–H groups in total. The number of amides is 1. The molecule has 6 nitrogen and oxygen atoms in total. The minimum absolute atomic E-state index is 0.0209. The third-order valence-electron chi connectivity index (χ3n) is 2.42. The summed E-state index contributed by atoms with van der Waals surface area (Å²) in [5, 5.41) is 0. The number of likely N-dealkylation sites (N-methyl/N-ethyl adjacent to an activating group) is 1. The van der Waals surface area contributed by atoms with Gasteiger partial charge in [0.05, 0.1) is 6.54 Å². The number of hydrogen-bond donors (Lipinski definition) is 1. The summed E-state index contributed by atoms with van der Waals surface area (Å²) in [6.45, 7) is 3.05. The molecule has 100 valence electrons. The van der Waals surface area contributed by atoms with Crippen molar-refractivity contribution in [2.75, 3.05) is 37.8 Å². The van der Waals surface area contributed by atoms with E-state index in [1.54, 1.807) is 19.0 Å². The van der Waals surface area contributed by atoms with E-state index in [4.69, 9.17) is 5.73 Å². The van der Waals surface area contributed by atoms with Gasteiger partial charge >= 0.3 is 0 Å². The minimum atomic E-state index is 0.0209. The molecule has 1 rings (SSSR count). The van der Waals surface area contributed by atoms with Crippen molar-refractivity contribution >= 4 is 33.5 Å². The maximum atomic E-state index is 11.8. The van der Waals surface area contributed by atoms with Crippen molar-refractivity contribution in [3.05, 3.63) is 10.8 Å². The summed E-state index contributed by atoms with van der Waals surface area (Å²) in [7, 11) is 3.46. The average Bonchev–Trinajstić information content (AvgIpc) is 2.32. The number of nitrogens with two attached hydrogens (primary N) is 1. The lowest BCUT2D eigenvalue weighted by Crippen LogP contribution is -2.37. The van der Waals surface area contributed by atoms with Crippen LogP contribution in [0.3, 0.4) is 0 Å². The van der Waals surface area contributed by atoms with Gasteiger partial charge in [0.15, 0.2) is 0 Å². The van der Waals surface area contributed by atoms with Gasteiger partial charge in [-0.3, -0.25) is 4.79 Å². The molecule has 0 atom stereocenters. The summed E-state index contributed by atoms with van der Waals surface area (Å²) in [5.41, 5.74) is 5.73. The number of aromatic nitrogens is 2. The number of nitrogen functional groups attached to an aromatic ring is 1. The lowest BCUT2D eigenvalue weighted by atomic mass is 10.3. The van der Waals surface area contributed by atoms with Gasteiger partial charge < -0.3 is 15.5 Å². The molecule has 0 aliphatic carbocycles. The molecule has 0 saturated carbocycles. The number of halogens is 1. The van der Waals surface area contributed by atoms with E-state index in [0.29, 0.717) is 16.1 Å². The first-order valence-corrected chi connectivity index (χ1v) is 6.47. The predicted molar refractivity (Wildman–Crippen MR) is 75.3 cm³/mol. The second-order valence-corrected chi connectivity index (χ2v) is 4.90. The summed E-state index contributed by atoms with van der Waals surface area (Å²) >= 11 is 3.36. The second-order valence-electron chi connectivity index (χ2n) is 4.11. The van der Waals surface area contributed by atoms with Gasteiger partial charge in [-0.05, 0) is 22.4 Å². The molecule has 1 aromatic heterocycles. The fourth-order valence-corrected chi connectivity index (χ4v) is 1.88. The molecule has 0 spiro atoms. The van der Waals surface area contributed by atoms with Crippen molar-refractivity contribution < 1.29 is 4.79 Å². The monoisotopic (exact) mass is 315 g/mol. The molecule has 0 saturated heterocycles. The van der Waals surface area contributed by atoms with Crippen LogP contribution in [-0.2, 0) is 4.79 Å². The van der Waals surface area contributed by atoms with Crippen molar-refractivity contribution in [2.45, 2.75) is 13.3 Å². The standard InChI is InChI=1S/C11H18BrN5O/c1-4-5-17(6-8(18)16(2)3)11-9(12)10(13)14-7-15-11/h7H,4-6H2,1-3H3,(H2,13,14,15). The van der Waals surface area contributed by atoms with Crippen LogP contribution in [0.2, 0.25) is 0 Å². The molecule has 1 amide bonds. The molecule has 0 aromatic carbocycles. The molecule has 0 unspecified atom stereocenters. The van der Waals surface area contributed by atoms with E-state index in [1.165, 1.54) is 6.33 Å². The van der Waals surface area contributed by atoms with E-state index in [9.17, 15) is 4.79 Å². The Morgan fingerprint density at radius 2 is 2.11 bits per heavy atom. The zero-order chi connectivity index (χ0) is 13.7. The van der Waals surface area contributed by atoms with Gasteiger partial charge in [0, 0.05) is 20.6 Å². The Bertz CT molecular complexity index is 424. The third kappa shape index (κ3) is 3.56. The van der Waals surface area contributed by atoms with Crippen LogP contribution in [-0.4, -0.2) is 48.0 Å². The van der Waals surface area contributed by atoms with Gasteiger partial charge in [-0.15, -0.1) is 0 Å². The van der Waals surface area contributed by atoms with Gasteiger partial charge in [-0.2, -0.15) is 0 Å². The molecule has 7 heteroatoms. The molecular weight excluding hydrogens is 298 g/mol. The molecule has 1 aromatic rings. The van der Waals surface area contributed by atoms with Crippen molar-refractivity contribution in [1.82, 2.24) is 14.9 Å². The van der Waals surface area contributed by atoms with Gasteiger partial charge in [0.25, 0.3) is 0 Å². The van der Waals surface area contributed by atoms with E-state index >= 15 is 0 Å². The van der Waals surface area contributed by atoms with Crippen LogP contribution in [0.5, 0.6) is 0 Å². The van der Waals surface area contributed by atoms with Crippen LogP contribution >= 0.6 is 15.9 Å². The summed E-state index contributed by atoms with van der Waals surface area (Å²) in [6.07, 6.45) is 2.31. The van der Waals surface area contributed by atoms with Gasteiger partial charge in [-0.1, -0.05) is 6.92 Å². The van der Waals surface area contributed by atoms with Crippen LogP contribution in [0.15, 0.2) is 10.8 Å². The van der Waals surface area contributed by atoms with E-state index in [2.05, 4.69) is 25.9 Å². The molecular formula is C11H18BrN5O. The predicted octanol–water partition coefficient (Wildman–Crippen LogP) is 1.13. The number of anilines is 2. The van der Waals surface area contributed by atoms with Crippen LogP contribution in [0.1, 0.15) is 13.3 Å². The maximum Gasteiger partial charge on any atom is 0.241 e. The highest BCUT2D eigenvalue weighted by Crippen LogP contribution is 2.27. The van der Waals surface area contributed by atoms with Gasteiger partial charge in [-0.25, -0.2) is 9.97 Å². The lowest BCUT2D eigenvalue weighted by Gasteiger charge is -2.25. The zero-order valence-electron chi connectivity index (χ0n) is 10.9. The Kier molecular flexibility index (Phi) is 5.33. The van der Waals surface area contributed by atoms with Crippen molar-refractivity contribution in [3.8, 4) is 0 Å². The number of hydrogen-bond acceptors (Lipinski definition) is 5. The quantitative estimate of drug-likeness (QED) is 0.881. The number of carbonyl (C=O) groups excluding carboxylic acids is 1.